The molecule has 0 saturated carbocycles. The van der Waals surface area contributed by atoms with Crippen molar-refractivity contribution in [3.05, 3.63) is 41.2 Å². The number of sulfonamides is 1. The van der Waals surface area contributed by atoms with Crippen LogP contribution in [-0.4, -0.2) is 48.8 Å². The highest BCUT2D eigenvalue weighted by atomic mass is 32.2. The molecule has 2 N–H and O–H groups in total. The summed E-state index contributed by atoms with van der Waals surface area (Å²) in [5.41, 5.74) is 5.64. The number of nitrogens with two attached hydrogens (primary N) is 1. The van der Waals surface area contributed by atoms with Crippen LogP contribution >= 0.6 is 11.3 Å². The van der Waals surface area contributed by atoms with Crippen LogP contribution in [0, 0.1) is 5.82 Å². The summed E-state index contributed by atoms with van der Waals surface area (Å²) in [6.45, 7) is 3.04. The van der Waals surface area contributed by atoms with Crippen molar-refractivity contribution in [2.24, 2.45) is 0 Å². The first-order chi connectivity index (χ1) is 11.4. The van der Waals surface area contributed by atoms with E-state index in [2.05, 4.69) is 9.88 Å². The number of benzene rings is 1. The molecule has 0 unspecified atom stereocenters. The smallest absolute Gasteiger partial charge is 0.243 e. The summed E-state index contributed by atoms with van der Waals surface area (Å²) < 4.78 is 39.8. The number of nitrogens with zero attached hydrogens (tertiary/aromatic N) is 3. The molecule has 24 heavy (non-hydrogen) atoms. The van der Waals surface area contributed by atoms with E-state index in [0.29, 0.717) is 24.8 Å². The SMILES string of the molecule is Nc1ncc(CN2CCCN(S(=O)(=O)c3ccc(F)cc3)CC2)s1. The lowest BCUT2D eigenvalue weighted by Crippen LogP contribution is -2.35. The van der Waals surface area contributed by atoms with E-state index in [9.17, 15) is 12.8 Å². The van der Waals surface area contributed by atoms with E-state index in [1.54, 1.807) is 6.20 Å². The monoisotopic (exact) mass is 370 g/mol. The van der Waals surface area contributed by atoms with Gasteiger partial charge in [0.05, 0.1) is 4.90 Å². The lowest BCUT2D eigenvalue weighted by atomic mass is 10.4. The van der Waals surface area contributed by atoms with Crippen molar-refractivity contribution in [2.75, 3.05) is 31.9 Å². The minimum absolute atomic E-state index is 0.132. The number of aromatic nitrogens is 1. The maximum absolute atomic E-state index is 13.0. The lowest BCUT2D eigenvalue weighted by molar-refractivity contribution is 0.281. The van der Waals surface area contributed by atoms with E-state index >= 15 is 0 Å². The molecule has 1 aliphatic rings. The van der Waals surface area contributed by atoms with Crippen molar-refractivity contribution in [3.63, 3.8) is 0 Å². The van der Waals surface area contributed by atoms with E-state index in [-0.39, 0.29) is 4.90 Å². The lowest BCUT2D eigenvalue weighted by Gasteiger charge is -2.21. The molecular weight excluding hydrogens is 351 g/mol. The van der Waals surface area contributed by atoms with Crippen LogP contribution < -0.4 is 5.73 Å². The quantitative estimate of drug-likeness (QED) is 0.887. The van der Waals surface area contributed by atoms with Gasteiger partial charge in [-0.2, -0.15) is 4.31 Å². The van der Waals surface area contributed by atoms with Crippen molar-refractivity contribution < 1.29 is 12.8 Å². The fourth-order valence-corrected chi connectivity index (χ4v) is 4.91. The number of nitrogen functional groups attached to an aromatic ring is 1. The summed E-state index contributed by atoms with van der Waals surface area (Å²) in [6.07, 6.45) is 2.51. The molecule has 2 heterocycles. The first-order valence-electron chi connectivity index (χ1n) is 7.63. The van der Waals surface area contributed by atoms with Crippen molar-refractivity contribution in [2.45, 2.75) is 17.9 Å². The molecule has 9 heteroatoms. The Kier molecular flexibility index (Phi) is 5.14. The van der Waals surface area contributed by atoms with Gasteiger partial charge in [0, 0.05) is 37.3 Å². The molecule has 1 aliphatic heterocycles. The molecule has 0 aliphatic carbocycles. The minimum Gasteiger partial charge on any atom is -0.375 e. The summed E-state index contributed by atoms with van der Waals surface area (Å²) in [4.78, 5) is 7.44. The Morgan fingerprint density at radius 2 is 1.92 bits per heavy atom. The first-order valence-corrected chi connectivity index (χ1v) is 9.89. The van der Waals surface area contributed by atoms with Crippen LogP contribution in [0.4, 0.5) is 9.52 Å². The number of rotatable bonds is 4. The highest BCUT2D eigenvalue weighted by Crippen LogP contribution is 2.20. The number of thiazole rings is 1. The summed E-state index contributed by atoms with van der Waals surface area (Å²) in [7, 11) is -3.58. The van der Waals surface area contributed by atoms with Crippen molar-refractivity contribution >= 4 is 26.5 Å². The second-order valence-electron chi connectivity index (χ2n) is 5.65. The summed E-state index contributed by atoms with van der Waals surface area (Å²) >= 11 is 1.45. The average Bonchev–Trinajstić information content (AvgIpc) is 2.81. The molecule has 0 atom stereocenters. The van der Waals surface area contributed by atoms with Gasteiger partial charge in [-0.05, 0) is 37.2 Å². The van der Waals surface area contributed by atoms with Gasteiger partial charge >= 0.3 is 0 Å². The first kappa shape index (κ1) is 17.3. The normalized spacial score (nSPS) is 17.7. The van der Waals surface area contributed by atoms with Crippen molar-refractivity contribution in [1.29, 1.82) is 0 Å². The zero-order valence-electron chi connectivity index (χ0n) is 13.1. The molecular formula is C15H19FN4O2S2. The molecule has 0 bridgehead atoms. The fraction of sp³-hybridized carbons (Fsp3) is 0.400. The zero-order chi connectivity index (χ0) is 17.2. The van der Waals surface area contributed by atoms with Crippen LogP contribution in [0.2, 0.25) is 0 Å². The van der Waals surface area contributed by atoms with Gasteiger partial charge in [-0.15, -0.1) is 11.3 Å². The summed E-state index contributed by atoms with van der Waals surface area (Å²) in [5, 5.41) is 0.542. The Morgan fingerprint density at radius 3 is 2.58 bits per heavy atom. The zero-order valence-corrected chi connectivity index (χ0v) is 14.7. The molecule has 1 aromatic heterocycles. The van der Waals surface area contributed by atoms with E-state index < -0.39 is 15.8 Å². The Labute approximate surface area is 144 Å². The maximum Gasteiger partial charge on any atom is 0.243 e. The third kappa shape index (κ3) is 3.92. The molecule has 1 saturated heterocycles. The topological polar surface area (TPSA) is 79.5 Å². The molecule has 130 valence electrons. The van der Waals surface area contributed by atoms with Crippen molar-refractivity contribution in [1.82, 2.24) is 14.2 Å². The third-order valence-corrected chi connectivity index (χ3v) is 6.67. The highest BCUT2D eigenvalue weighted by molar-refractivity contribution is 7.89. The van der Waals surface area contributed by atoms with E-state index in [1.165, 1.54) is 39.9 Å². The molecule has 1 aromatic carbocycles. The van der Waals surface area contributed by atoms with Gasteiger partial charge in [0.1, 0.15) is 5.82 Å². The highest BCUT2D eigenvalue weighted by Gasteiger charge is 2.27. The van der Waals surface area contributed by atoms with Crippen LogP contribution in [0.3, 0.4) is 0 Å². The third-order valence-electron chi connectivity index (χ3n) is 3.95. The molecule has 3 rings (SSSR count). The second kappa shape index (κ2) is 7.14. The van der Waals surface area contributed by atoms with Gasteiger partial charge in [-0.3, -0.25) is 4.90 Å². The molecule has 0 spiro atoms. The average molecular weight is 370 g/mol. The van der Waals surface area contributed by atoms with Crippen LogP contribution in [-0.2, 0) is 16.6 Å². The number of hydrogen-bond acceptors (Lipinski definition) is 6. The van der Waals surface area contributed by atoms with E-state index in [1.807, 2.05) is 0 Å². The summed E-state index contributed by atoms with van der Waals surface area (Å²) in [6, 6.07) is 4.97. The van der Waals surface area contributed by atoms with Gasteiger partial charge < -0.3 is 5.73 Å². The standard InChI is InChI=1S/C15H19FN4O2S2/c16-12-2-4-14(5-3-12)24(21,22)20-7-1-6-19(8-9-20)11-13-10-18-15(17)23-13/h2-5,10H,1,6-9,11H2,(H2,17,18). The van der Waals surface area contributed by atoms with Gasteiger partial charge in [0.25, 0.3) is 0 Å². The largest absolute Gasteiger partial charge is 0.375 e. The Bertz CT molecular complexity index is 792. The second-order valence-corrected chi connectivity index (χ2v) is 8.74. The van der Waals surface area contributed by atoms with Crippen molar-refractivity contribution in [3.8, 4) is 0 Å². The Hall–Kier alpha value is -1.55. The predicted octanol–water partition coefficient (Wildman–Crippen LogP) is 1.76. The number of halogens is 1. The maximum atomic E-state index is 13.0. The molecule has 1 fully saturated rings. The van der Waals surface area contributed by atoms with Crippen LogP contribution in [0.25, 0.3) is 0 Å². The van der Waals surface area contributed by atoms with Crippen LogP contribution in [0.5, 0.6) is 0 Å². The number of hydrogen-bond donors (Lipinski definition) is 1. The minimum atomic E-state index is -3.58. The van der Waals surface area contributed by atoms with Gasteiger partial charge in [-0.25, -0.2) is 17.8 Å². The molecule has 2 aromatic rings. The fourth-order valence-electron chi connectivity index (χ4n) is 2.72. The van der Waals surface area contributed by atoms with E-state index in [4.69, 9.17) is 5.73 Å². The van der Waals surface area contributed by atoms with Crippen LogP contribution in [0.15, 0.2) is 35.4 Å². The molecule has 6 nitrogen and oxygen atoms in total. The molecule has 0 radical (unpaired) electrons. The van der Waals surface area contributed by atoms with Gasteiger partial charge in [-0.1, -0.05) is 0 Å². The summed E-state index contributed by atoms with van der Waals surface area (Å²) in [5.74, 6) is -0.445. The Balaban J connectivity index is 1.67. The van der Waals surface area contributed by atoms with Gasteiger partial charge in [0.15, 0.2) is 5.13 Å². The van der Waals surface area contributed by atoms with Gasteiger partial charge in [0.2, 0.25) is 10.0 Å². The number of anilines is 1. The van der Waals surface area contributed by atoms with Crippen LogP contribution in [0.1, 0.15) is 11.3 Å². The van der Waals surface area contributed by atoms with E-state index in [0.717, 1.165) is 24.4 Å². The molecule has 0 amide bonds. The Morgan fingerprint density at radius 1 is 1.17 bits per heavy atom. The predicted molar refractivity (Wildman–Crippen MR) is 91.6 cm³/mol.